The lowest BCUT2D eigenvalue weighted by molar-refractivity contribution is -0.143. The van der Waals surface area contributed by atoms with E-state index in [4.69, 9.17) is 14.3 Å². The van der Waals surface area contributed by atoms with E-state index in [0.717, 1.165) is 42.2 Å². The Hall–Kier alpha value is -2.83. The average Bonchev–Trinajstić information content (AvgIpc) is 2.67. The lowest BCUT2D eigenvalue weighted by atomic mass is 9.91. The number of hydrogen-bond donors (Lipinski definition) is 2. The predicted octanol–water partition coefficient (Wildman–Crippen LogP) is 2.81. The van der Waals surface area contributed by atoms with E-state index in [1.165, 1.54) is 0 Å². The van der Waals surface area contributed by atoms with Gasteiger partial charge in [0, 0.05) is 17.0 Å². The number of aliphatic carboxylic acids is 1. The molecule has 0 unspecified atom stereocenters. The van der Waals surface area contributed by atoms with Crippen molar-refractivity contribution >= 4 is 22.8 Å². The molecule has 0 aliphatic heterocycles. The molecule has 0 spiro atoms. The molecule has 1 aromatic carbocycles. The smallest absolute Gasteiger partial charge is 0.339 e. The van der Waals surface area contributed by atoms with Gasteiger partial charge >= 0.3 is 11.6 Å². The number of carboxylic acid groups (broad SMARTS) is 1. The fourth-order valence-corrected chi connectivity index (χ4v) is 3.59. The second-order valence-corrected chi connectivity index (χ2v) is 7.16. The van der Waals surface area contributed by atoms with Gasteiger partial charge in [0.1, 0.15) is 17.4 Å². The molecule has 1 aliphatic rings. The highest BCUT2D eigenvalue weighted by molar-refractivity contribution is 5.86. The number of ether oxygens (including phenoxy) is 1. The zero-order chi connectivity index (χ0) is 20.3. The summed E-state index contributed by atoms with van der Waals surface area (Å²) in [6, 6.07) is 4.25. The maximum atomic E-state index is 12.3. The third kappa shape index (κ3) is 4.18. The van der Waals surface area contributed by atoms with E-state index in [1.807, 2.05) is 13.0 Å². The van der Waals surface area contributed by atoms with Gasteiger partial charge in [-0.25, -0.2) is 9.59 Å². The number of carbonyl (C=O) groups excluding carboxylic acids is 1. The minimum atomic E-state index is -1.07. The summed E-state index contributed by atoms with van der Waals surface area (Å²) in [5.41, 5.74) is 1.92. The van der Waals surface area contributed by atoms with Gasteiger partial charge in [0.05, 0.1) is 0 Å². The Bertz CT molecular complexity index is 948. The normalized spacial score (nSPS) is 15.5. The van der Waals surface area contributed by atoms with Gasteiger partial charge in [-0.3, -0.25) is 4.79 Å². The number of amides is 1. The van der Waals surface area contributed by atoms with Gasteiger partial charge in [-0.2, -0.15) is 0 Å². The molecule has 28 heavy (non-hydrogen) atoms. The molecule has 1 aromatic heterocycles. The minimum absolute atomic E-state index is 0.311. The van der Waals surface area contributed by atoms with Crippen molar-refractivity contribution in [3.63, 3.8) is 0 Å². The number of aryl methyl sites for hydroxylation is 1. The SMILES string of the molecule is CCC[C@H](NC(=O)[C@H](C)Oc1ccc2c3c(c(=O)oc2c1)CCCC3)C(=O)O. The molecule has 3 rings (SSSR count). The number of carboxylic acids is 1. The molecule has 0 bridgehead atoms. The van der Waals surface area contributed by atoms with Crippen LogP contribution in [-0.4, -0.2) is 29.1 Å². The number of fused-ring (bicyclic) bond motifs is 3. The lowest BCUT2D eigenvalue weighted by Gasteiger charge is -2.19. The van der Waals surface area contributed by atoms with Crippen LogP contribution >= 0.6 is 0 Å². The molecule has 2 atom stereocenters. The minimum Gasteiger partial charge on any atom is -0.481 e. The highest BCUT2D eigenvalue weighted by Gasteiger charge is 2.24. The Morgan fingerprint density at radius 3 is 2.64 bits per heavy atom. The van der Waals surface area contributed by atoms with E-state index in [0.29, 0.717) is 24.2 Å². The molecule has 2 aromatic rings. The molecule has 0 saturated heterocycles. The van der Waals surface area contributed by atoms with Crippen molar-refractivity contribution in [2.45, 2.75) is 64.5 Å². The van der Waals surface area contributed by atoms with Gasteiger partial charge in [0.2, 0.25) is 0 Å². The van der Waals surface area contributed by atoms with Crippen LogP contribution in [0.3, 0.4) is 0 Å². The van der Waals surface area contributed by atoms with Crippen LogP contribution < -0.4 is 15.7 Å². The van der Waals surface area contributed by atoms with Crippen molar-refractivity contribution in [1.82, 2.24) is 5.32 Å². The van der Waals surface area contributed by atoms with Crippen molar-refractivity contribution in [1.29, 1.82) is 0 Å². The standard InChI is InChI=1S/C21H25NO6/c1-3-6-17(20(24)25)22-19(23)12(2)27-13-9-10-15-14-7-4-5-8-16(14)21(26)28-18(15)11-13/h9-12,17H,3-8H2,1-2H3,(H,22,23)(H,24,25)/t12-,17-/m0/s1. The van der Waals surface area contributed by atoms with Gasteiger partial charge < -0.3 is 19.6 Å². The van der Waals surface area contributed by atoms with E-state index < -0.39 is 24.0 Å². The topological polar surface area (TPSA) is 106 Å². The molecule has 0 fully saturated rings. The summed E-state index contributed by atoms with van der Waals surface area (Å²) in [4.78, 5) is 35.7. The van der Waals surface area contributed by atoms with Crippen LogP contribution in [0.5, 0.6) is 5.75 Å². The van der Waals surface area contributed by atoms with Crippen molar-refractivity contribution in [2.75, 3.05) is 0 Å². The molecule has 1 aliphatic carbocycles. The molecular formula is C21H25NO6. The van der Waals surface area contributed by atoms with E-state index >= 15 is 0 Å². The summed E-state index contributed by atoms with van der Waals surface area (Å²) >= 11 is 0. The zero-order valence-corrected chi connectivity index (χ0v) is 16.1. The monoisotopic (exact) mass is 387 g/mol. The summed E-state index contributed by atoms with van der Waals surface area (Å²) in [5.74, 6) is -1.19. The Kier molecular flexibility index (Phi) is 6.02. The molecular weight excluding hydrogens is 362 g/mol. The molecule has 2 N–H and O–H groups in total. The fraction of sp³-hybridized carbons (Fsp3) is 0.476. The zero-order valence-electron chi connectivity index (χ0n) is 16.1. The number of rotatable bonds is 7. The molecule has 1 heterocycles. The molecule has 150 valence electrons. The number of benzene rings is 1. The molecule has 0 radical (unpaired) electrons. The summed E-state index contributed by atoms with van der Waals surface area (Å²) in [5, 5.41) is 12.6. The molecule has 7 heteroatoms. The van der Waals surface area contributed by atoms with Crippen LogP contribution in [-0.2, 0) is 22.4 Å². The first kappa shape index (κ1) is 19.9. The molecule has 7 nitrogen and oxygen atoms in total. The maximum Gasteiger partial charge on any atom is 0.339 e. The van der Waals surface area contributed by atoms with E-state index in [1.54, 1.807) is 19.1 Å². The van der Waals surface area contributed by atoms with Gasteiger partial charge in [0.15, 0.2) is 6.10 Å². The number of nitrogens with one attached hydrogen (secondary N) is 1. The van der Waals surface area contributed by atoms with Gasteiger partial charge in [-0.05, 0) is 56.7 Å². The highest BCUT2D eigenvalue weighted by Crippen LogP contribution is 2.29. The van der Waals surface area contributed by atoms with E-state index in [2.05, 4.69) is 5.32 Å². The second-order valence-electron chi connectivity index (χ2n) is 7.16. The number of hydrogen-bond acceptors (Lipinski definition) is 5. The van der Waals surface area contributed by atoms with Crippen molar-refractivity contribution in [2.24, 2.45) is 0 Å². The first-order valence-corrected chi connectivity index (χ1v) is 9.69. The van der Waals surface area contributed by atoms with Crippen LogP contribution in [0, 0.1) is 0 Å². The summed E-state index contributed by atoms with van der Waals surface area (Å²) < 4.78 is 11.1. The molecule has 0 saturated carbocycles. The van der Waals surface area contributed by atoms with Crippen LogP contribution in [0.25, 0.3) is 11.0 Å². The summed E-state index contributed by atoms with van der Waals surface area (Å²) in [7, 11) is 0. The van der Waals surface area contributed by atoms with Gasteiger partial charge in [-0.1, -0.05) is 13.3 Å². The maximum absolute atomic E-state index is 12.3. The van der Waals surface area contributed by atoms with Crippen LogP contribution in [0.4, 0.5) is 0 Å². The first-order valence-electron chi connectivity index (χ1n) is 9.69. The Morgan fingerprint density at radius 2 is 1.96 bits per heavy atom. The summed E-state index contributed by atoms with van der Waals surface area (Å²) in [6.45, 7) is 3.40. The van der Waals surface area contributed by atoms with Crippen molar-refractivity contribution < 1.29 is 23.8 Å². The largest absolute Gasteiger partial charge is 0.481 e. The number of carbonyl (C=O) groups is 2. The predicted molar refractivity (Wildman–Crippen MR) is 104 cm³/mol. The Labute approximate surface area is 162 Å². The van der Waals surface area contributed by atoms with Crippen LogP contribution in [0.1, 0.15) is 50.7 Å². The second kappa shape index (κ2) is 8.46. The van der Waals surface area contributed by atoms with Gasteiger partial charge in [-0.15, -0.1) is 0 Å². The fourth-order valence-electron chi connectivity index (χ4n) is 3.59. The molecule has 1 amide bonds. The van der Waals surface area contributed by atoms with Crippen LogP contribution in [0.2, 0.25) is 0 Å². The van der Waals surface area contributed by atoms with E-state index in [9.17, 15) is 14.4 Å². The average molecular weight is 387 g/mol. The summed E-state index contributed by atoms with van der Waals surface area (Å²) in [6.07, 6.45) is 3.73. The Morgan fingerprint density at radius 1 is 1.25 bits per heavy atom. The third-order valence-electron chi connectivity index (χ3n) is 5.07. The van der Waals surface area contributed by atoms with Gasteiger partial charge in [0.25, 0.3) is 5.91 Å². The van der Waals surface area contributed by atoms with Crippen molar-refractivity contribution in [3.8, 4) is 5.75 Å². The third-order valence-corrected chi connectivity index (χ3v) is 5.07. The lowest BCUT2D eigenvalue weighted by Crippen LogP contribution is -2.46. The Balaban J connectivity index is 1.78. The van der Waals surface area contributed by atoms with Crippen LogP contribution in [0.15, 0.2) is 27.4 Å². The first-order chi connectivity index (χ1) is 13.4. The van der Waals surface area contributed by atoms with Crippen molar-refractivity contribution in [3.05, 3.63) is 39.7 Å². The highest BCUT2D eigenvalue weighted by atomic mass is 16.5. The quantitative estimate of drug-likeness (QED) is 0.708. The van der Waals surface area contributed by atoms with E-state index in [-0.39, 0.29) is 5.63 Å².